The largest absolute Gasteiger partial charge is 0.382 e. The number of carbonyl (C=O) groups excluding carboxylic acids is 1. The van der Waals surface area contributed by atoms with Crippen molar-refractivity contribution < 1.29 is 41.8 Å². The highest BCUT2D eigenvalue weighted by atomic mass is 32.5. The maximum absolute atomic E-state index is 16.1. The number of imidazole rings is 1. The number of nitrogens with zero attached hydrogens (tertiary/aromatic N) is 7. The number of halogens is 1. The van der Waals surface area contributed by atoms with Crippen LogP contribution in [0.1, 0.15) is 29.0 Å². The standard InChI is InChI=1S/C23H26FN9O8P2S2/c24-16-19-15(40-23(16)33-13-3-1-2-11(21(26)34)17(13)30-31-33)7-39-42(35,44)38-6-12-10(5-37-43(36,45)41-19)4-14(12)32-9-29-18-20(25)27-8-28-22(18)32/h1-3,8-10,12,14-16,19,23H,4-7H2,(H2,26,34)(H,35,44)(H,36,45)(H2,25,27,28)/t10-,12-,14-,15-,16-,19+,23-,42?,43?/m1/s1. The van der Waals surface area contributed by atoms with Gasteiger partial charge in [0, 0.05) is 12.0 Å². The smallest absolute Gasteiger partial charge is 0.324 e. The van der Waals surface area contributed by atoms with Crippen LogP contribution in [0.2, 0.25) is 0 Å². The molecule has 1 amide bonds. The summed E-state index contributed by atoms with van der Waals surface area (Å²) >= 11 is 10.5. The molecule has 3 fully saturated rings. The quantitative estimate of drug-likeness (QED) is 0.220. The molecule has 240 valence electrons. The Labute approximate surface area is 263 Å². The molecule has 7 rings (SSSR count). The predicted molar refractivity (Wildman–Crippen MR) is 161 cm³/mol. The zero-order chi connectivity index (χ0) is 31.7. The van der Waals surface area contributed by atoms with Gasteiger partial charge in [-0.3, -0.25) is 9.32 Å². The van der Waals surface area contributed by atoms with E-state index in [1.807, 2.05) is 4.57 Å². The minimum absolute atomic E-state index is 0.0433. The average molecular weight is 702 g/mol. The first kappa shape index (κ1) is 31.0. The Kier molecular flexibility index (Phi) is 7.97. The van der Waals surface area contributed by atoms with Crippen LogP contribution in [0.25, 0.3) is 22.2 Å². The third-order valence-electron chi connectivity index (χ3n) is 8.20. The summed E-state index contributed by atoms with van der Waals surface area (Å²) in [4.78, 5) is 46.4. The zero-order valence-electron chi connectivity index (χ0n) is 23.0. The molecule has 2 unspecified atom stereocenters. The second-order valence-electron chi connectivity index (χ2n) is 10.8. The molecule has 4 aromatic rings. The summed E-state index contributed by atoms with van der Waals surface area (Å²) in [6, 6.07) is 4.35. The van der Waals surface area contributed by atoms with E-state index in [1.165, 1.54) is 18.5 Å². The van der Waals surface area contributed by atoms with Crippen LogP contribution in [0.4, 0.5) is 10.2 Å². The molecular formula is C23H26FN9O8P2S2. The van der Waals surface area contributed by atoms with Gasteiger partial charge in [-0.2, -0.15) is 0 Å². The van der Waals surface area contributed by atoms with E-state index in [1.54, 1.807) is 12.4 Å². The molecule has 3 aliphatic rings. The van der Waals surface area contributed by atoms with E-state index in [0.29, 0.717) is 17.6 Å². The first-order valence-corrected chi connectivity index (χ1v) is 18.7. The van der Waals surface area contributed by atoms with Crippen LogP contribution < -0.4 is 11.5 Å². The highest BCUT2D eigenvalue weighted by molar-refractivity contribution is 8.07. The fourth-order valence-corrected chi connectivity index (χ4v) is 8.53. The normalized spacial score (nSPS) is 35.9. The monoisotopic (exact) mass is 701 g/mol. The number of anilines is 1. The molecule has 0 spiro atoms. The van der Waals surface area contributed by atoms with Crippen molar-refractivity contribution in [2.75, 3.05) is 25.6 Å². The summed E-state index contributed by atoms with van der Waals surface area (Å²) in [5.74, 6) is -1.04. The van der Waals surface area contributed by atoms with Gasteiger partial charge >= 0.3 is 13.4 Å². The van der Waals surface area contributed by atoms with E-state index in [9.17, 15) is 14.6 Å². The number of primary amides is 1. The molecule has 3 aromatic heterocycles. The summed E-state index contributed by atoms with van der Waals surface area (Å²) in [6.07, 6.45) is -2.73. The van der Waals surface area contributed by atoms with Gasteiger partial charge in [0.25, 0.3) is 5.91 Å². The lowest BCUT2D eigenvalue weighted by molar-refractivity contribution is -0.0480. The Morgan fingerprint density at radius 2 is 1.84 bits per heavy atom. The molecule has 2 aliphatic heterocycles. The number of benzene rings is 1. The highest BCUT2D eigenvalue weighted by Gasteiger charge is 2.52. The third-order valence-corrected chi connectivity index (χ3v) is 11.3. The number of hydrogen-bond donors (Lipinski definition) is 4. The van der Waals surface area contributed by atoms with Crippen LogP contribution in [-0.4, -0.2) is 88.4 Å². The first-order valence-electron chi connectivity index (χ1n) is 13.6. The molecule has 17 nitrogen and oxygen atoms in total. The van der Waals surface area contributed by atoms with Gasteiger partial charge in [0.05, 0.1) is 37.2 Å². The third kappa shape index (κ3) is 5.67. The van der Waals surface area contributed by atoms with Crippen LogP contribution in [0.3, 0.4) is 0 Å². The lowest BCUT2D eigenvalue weighted by Crippen LogP contribution is -2.43. The molecule has 45 heavy (non-hydrogen) atoms. The van der Waals surface area contributed by atoms with Gasteiger partial charge < -0.3 is 44.1 Å². The predicted octanol–water partition coefficient (Wildman–Crippen LogP) is 1.25. The molecule has 1 saturated carbocycles. The van der Waals surface area contributed by atoms with Gasteiger partial charge in [-0.15, -0.1) is 5.10 Å². The maximum Gasteiger partial charge on any atom is 0.324 e. The molecule has 0 radical (unpaired) electrons. The molecule has 9 atom stereocenters. The zero-order valence-corrected chi connectivity index (χ0v) is 26.4. The highest BCUT2D eigenvalue weighted by Crippen LogP contribution is 2.55. The number of amides is 1. The van der Waals surface area contributed by atoms with Crippen molar-refractivity contribution in [1.82, 2.24) is 34.5 Å². The summed E-state index contributed by atoms with van der Waals surface area (Å²) in [7, 11) is 0. The van der Waals surface area contributed by atoms with E-state index in [2.05, 4.69) is 25.3 Å². The molecule has 2 saturated heterocycles. The van der Waals surface area contributed by atoms with Crippen molar-refractivity contribution in [3.05, 3.63) is 36.4 Å². The van der Waals surface area contributed by atoms with Crippen LogP contribution in [0, 0.1) is 11.8 Å². The molecule has 1 aliphatic carbocycles. The Morgan fingerprint density at radius 3 is 2.64 bits per heavy atom. The summed E-state index contributed by atoms with van der Waals surface area (Å²) in [6.45, 7) is -8.51. The number of carbonyl (C=O) groups is 1. The van der Waals surface area contributed by atoms with Crippen molar-refractivity contribution in [1.29, 1.82) is 0 Å². The van der Waals surface area contributed by atoms with Gasteiger partial charge in [0.15, 0.2) is 23.9 Å². The van der Waals surface area contributed by atoms with Gasteiger partial charge in [-0.25, -0.2) is 24.0 Å². The molecular weight excluding hydrogens is 675 g/mol. The van der Waals surface area contributed by atoms with Gasteiger partial charge in [0.1, 0.15) is 29.6 Å². The first-order chi connectivity index (χ1) is 21.4. The van der Waals surface area contributed by atoms with Gasteiger partial charge in [-0.05, 0) is 48.1 Å². The van der Waals surface area contributed by atoms with E-state index in [-0.39, 0.29) is 53.5 Å². The van der Waals surface area contributed by atoms with Crippen LogP contribution in [-0.2, 0) is 46.4 Å². The lowest BCUT2D eigenvalue weighted by Gasteiger charge is -2.45. The van der Waals surface area contributed by atoms with Crippen molar-refractivity contribution in [3.63, 3.8) is 0 Å². The minimum atomic E-state index is -4.05. The number of fused-ring (bicyclic) bond motifs is 4. The SMILES string of the molecule is NC(=O)c1cccc2c1nnn2[C@@H]1O[C@@H]2COP(O)(=S)OC[C@@H]3[C@@H](COP(O)(=S)O[C@@H]2[C@H]1F)C[C@H]3n1cnc2c(N)ncnc21. The van der Waals surface area contributed by atoms with E-state index in [4.69, 9.17) is 57.9 Å². The van der Waals surface area contributed by atoms with Crippen molar-refractivity contribution >= 4 is 71.0 Å². The number of ether oxygens (including phenoxy) is 1. The average Bonchev–Trinajstić information content (AvgIpc) is 3.67. The lowest BCUT2D eigenvalue weighted by atomic mass is 9.70. The minimum Gasteiger partial charge on any atom is -0.382 e. The molecule has 22 heteroatoms. The van der Waals surface area contributed by atoms with E-state index < -0.39 is 50.6 Å². The van der Waals surface area contributed by atoms with Gasteiger partial charge in [0.2, 0.25) is 0 Å². The number of nitrogens with two attached hydrogens (primary N) is 2. The van der Waals surface area contributed by atoms with Gasteiger partial charge in [-0.1, -0.05) is 11.3 Å². The van der Waals surface area contributed by atoms with Crippen molar-refractivity contribution in [2.45, 2.75) is 37.1 Å². The molecule has 6 N–H and O–H groups in total. The molecule has 1 aromatic carbocycles. The van der Waals surface area contributed by atoms with Crippen molar-refractivity contribution in [2.24, 2.45) is 17.6 Å². The topological polar surface area (TPSA) is 230 Å². The Morgan fingerprint density at radius 1 is 1.07 bits per heavy atom. The van der Waals surface area contributed by atoms with E-state index in [0.717, 1.165) is 4.68 Å². The molecule has 5 heterocycles. The fourth-order valence-electron chi connectivity index (χ4n) is 5.91. The second-order valence-corrected chi connectivity index (χ2v) is 16.4. The van der Waals surface area contributed by atoms with Crippen LogP contribution in [0.15, 0.2) is 30.9 Å². The summed E-state index contributed by atoms with van der Waals surface area (Å²) in [5, 5.41) is 7.95. The van der Waals surface area contributed by atoms with Crippen molar-refractivity contribution in [3.8, 4) is 0 Å². The number of hydrogen-bond acceptors (Lipinski definition) is 14. The number of aromatic nitrogens is 7. The van der Waals surface area contributed by atoms with E-state index >= 15 is 4.39 Å². The Balaban J connectivity index is 1.14. The Bertz CT molecular complexity index is 1900. The number of nitrogen functional groups attached to an aromatic ring is 1. The summed E-state index contributed by atoms with van der Waals surface area (Å²) in [5.41, 5.74) is 12.8. The fraction of sp³-hybridized carbons (Fsp3) is 0.478. The van der Waals surface area contributed by atoms with Crippen LogP contribution in [0.5, 0.6) is 0 Å². The number of rotatable bonds is 3. The Hall–Kier alpha value is -2.61. The molecule has 0 bridgehead atoms. The van der Waals surface area contributed by atoms with Crippen LogP contribution >= 0.6 is 13.4 Å². The second kappa shape index (κ2) is 11.6. The summed E-state index contributed by atoms with van der Waals surface area (Å²) < 4.78 is 47.7. The maximum atomic E-state index is 16.1. The number of alkyl halides is 1.